The number of amidine groups is 1. The largest absolute Gasteiger partial charge is 0.462 e. The van der Waals surface area contributed by atoms with Crippen LogP contribution in [0.1, 0.15) is 34.8 Å². The number of ether oxygens (including phenoxy) is 1. The zero-order valence-electron chi connectivity index (χ0n) is 20.8. The van der Waals surface area contributed by atoms with Crippen molar-refractivity contribution >= 4 is 46.1 Å². The fourth-order valence-electron chi connectivity index (χ4n) is 3.75. The molecule has 1 saturated heterocycles. The Balaban J connectivity index is 1.58. The molecule has 0 bridgehead atoms. The van der Waals surface area contributed by atoms with E-state index in [1.54, 1.807) is 19.1 Å². The molecule has 1 unspecified atom stereocenters. The molecule has 1 heterocycles. The van der Waals surface area contributed by atoms with Gasteiger partial charge in [-0.25, -0.2) is 9.79 Å². The maximum absolute atomic E-state index is 13.3. The van der Waals surface area contributed by atoms with Gasteiger partial charge in [0.1, 0.15) is 5.25 Å². The van der Waals surface area contributed by atoms with Crippen LogP contribution in [0, 0.1) is 0 Å². The summed E-state index contributed by atoms with van der Waals surface area (Å²) in [5.74, 6) is -1.35. The van der Waals surface area contributed by atoms with Gasteiger partial charge in [0.2, 0.25) is 11.8 Å². The summed E-state index contributed by atoms with van der Waals surface area (Å²) in [6.45, 7) is 2.07. The Kier molecular flexibility index (Phi) is 8.70. The normalized spacial score (nSPS) is 16.7. The van der Waals surface area contributed by atoms with Crippen LogP contribution >= 0.6 is 11.8 Å². The average molecular weight is 556 g/mol. The topological polar surface area (TPSA) is 88.1 Å². The number of aliphatic imine (C=N–C) groups is 1. The molecule has 0 saturated carbocycles. The van der Waals surface area contributed by atoms with E-state index in [0.29, 0.717) is 11.3 Å². The molecule has 0 radical (unpaired) electrons. The highest BCUT2D eigenvalue weighted by atomic mass is 32.2. The molecule has 1 atom stereocenters. The molecule has 7 nitrogen and oxygen atoms in total. The van der Waals surface area contributed by atoms with Crippen LogP contribution in [0.2, 0.25) is 0 Å². The second-order valence-corrected chi connectivity index (χ2v) is 9.68. The number of hydrogen-bond donors (Lipinski definition) is 1. The summed E-state index contributed by atoms with van der Waals surface area (Å²) < 4.78 is 44.7. The molecule has 1 aliphatic rings. The average Bonchev–Trinajstić information content (AvgIpc) is 2.91. The molecule has 1 fully saturated rings. The van der Waals surface area contributed by atoms with Gasteiger partial charge in [-0.1, -0.05) is 48.2 Å². The van der Waals surface area contributed by atoms with Crippen LogP contribution in [-0.2, 0) is 27.0 Å². The van der Waals surface area contributed by atoms with Crippen LogP contribution in [0.5, 0.6) is 0 Å². The van der Waals surface area contributed by atoms with Crippen LogP contribution in [-0.4, -0.2) is 39.7 Å². The van der Waals surface area contributed by atoms with Gasteiger partial charge in [-0.05, 0) is 55.0 Å². The van der Waals surface area contributed by atoms with Crippen molar-refractivity contribution in [2.75, 3.05) is 11.9 Å². The van der Waals surface area contributed by atoms with Crippen molar-refractivity contribution < 1.29 is 32.3 Å². The van der Waals surface area contributed by atoms with Crippen LogP contribution in [0.4, 0.5) is 24.5 Å². The van der Waals surface area contributed by atoms with Crippen LogP contribution in [0.15, 0.2) is 83.9 Å². The fraction of sp³-hybridized carbons (Fsp3) is 0.214. The van der Waals surface area contributed by atoms with Gasteiger partial charge in [-0.2, -0.15) is 13.2 Å². The Morgan fingerprint density at radius 1 is 1.05 bits per heavy atom. The number of amides is 2. The molecule has 3 aromatic rings. The first-order chi connectivity index (χ1) is 18.6. The van der Waals surface area contributed by atoms with Gasteiger partial charge in [0.25, 0.3) is 0 Å². The van der Waals surface area contributed by atoms with E-state index in [1.165, 1.54) is 29.2 Å². The monoisotopic (exact) mass is 555 g/mol. The van der Waals surface area contributed by atoms with Crippen LogP contribution < -0.4 is 5.32 Å². The van der Waals surface area contributed by atoms with Gasteiger partial charge in [-0.15, -0.1) is 0 Å². The molecule has 0 spiro atoms. The molecular formula is C28H24F3N3O4S. The second-order valence-electron chi connectivity index (χ2n) is 8.51. The van der Waals surface area contributed by atoms with E-state index in [0.717, 1.165) is 29.5 Å². The molecular weight excluding hydrogens is 531 g/mol. The number of alkyl halides is 3. The summed E-state index contributed by atoms with van der Waals surface area (Å²) in [6, 6.07) is 19.7. The Labute approximate surface area is 227 Å². The molecule has 11 heteroatoms. The lowest BCUT2D eigenvalue weighted by Gasteiger charge is -2.32. The molecule has 39 heavy (non-hydrogen) atoms. The number of esters is 1. The van der Waals surface area contributed by atoms with Gasteiger partial charge in [0.05, 0.1) is 30.0 Å². The van der Waals surface area contributed by atoms with Gasteiger partial charge in [0, 0.05) is 12.1 Å². The lowest BCUT2D eigenvalue weighted by Crippen LogP contribution is -2.44. The maximum Gasteiger partial charge on any atom is 0.416 e. The molecule has 202 valence electrons. The number of hydrogen-bond acceptors (Lipinski definition) is 6. The molecule has 3 aromatic carbocycles. The first kappa shape index (κ1) is 27.9. The van der Waals surface area contributed by atoms with Crippen molar-refractivity contribution in [2.24, 2.45) is 4.99 Å². The molecule has 0 aromatic heterocycles. The van der Waals surface area contributed by atoms with E-state index in [9.17, 15) is 27.6 Å². The Bertz CT molecular complexity index is 1380. The van der Waals surface area contributed by atoms with Crippen LogP contribution in [0.3, 0.4) is 0 Å². The quantitative estimate of drug-likeness (QED) is 0.359. The summed E-state index contributed by atoms with van der Waals surface area (Å²) in [4.78, 5) is 43.9. The lowest BCUT2D eigenvalue weighted by molar-refractivity contribution is -0.137. The van der Waals surface area contributed by atoms with Gasteiger partial charge in [-0.3, -0.25) is 14.5 Å². The number of thioether (sulfide) groups is 1. The minimum Gasteiger partial charge on any atom is -0.462 e. The van der Waals surface area contributed by atoms with Crippen molar-refractivity contribution in [1.29, 1.82) is 0 Å². The van der Waals surface area contributed by atoms with Crippen molar-refractivity contribution in [3.63, 3.8) is 0 Å². The Morgan fingerprint density at radius 2 is 1.77 bits per heavy atom. The Hall–Kier alpha value is -4.12. The Morgan fingerprint density at radius 3 is 2.44 bits per heavy atom. The molecule has 1 N–H and O–H groups in total. The number of anilines is 1. The number of rotatable bonds is 7. The van der Waals surface area contributed by atoms with Crippen molar-refractivity contribution in [2.45, 2.75) is 31.3 Å². The summed E-state index contributed by atoms with van der Waals surface area (Å²) in [5, 5.41) is 1.96. The first-order valence-electron chi connectivity index (χ1n) is 12.0. The summed E-state index contributed by atoms with van der Waals surface area (Å²) >= 11 is 1.00. The van der Waals surface area contributed by atoms with E-state index >= 15 is 0 Å². The van der Waals surface area contributed by atoms with Crippen molar-refractivity contribution in [1.82, 2.24) is 4.90 Å². The van der Waals surface area contributed by atoms with E-state index < -0.39 is 28.9 Å². The van der Waals surface area contributed by atoms with E-state index in [2.05, 4.69) is 10.3 Å². The minimum absolute atomic E-state index is 0.00815. The smallest absolute Gasteiger partial charge is 0.416 e. The zero-order valence-corrected chi connectivity index (χ0v) is 21.6. The highest BCUT2D eigenvalue weighted by Gasteiger charge is 2.36. The predicted molar refractivity (Wildman–Crippen MR) is 143 cm³/mol. The number of carbonyl (C=O) groups is 3. The number of nitrogens with zero attached hydrogens (tertiary/aromatic N) is 2. The third-order valence-electron chi connectivity index (χ3n) is 5.68. The van der Waals surface area contributed by atoms with Crippen molar-refractivity contribution in [3.05, 3.63) is 95.6 Å². The number of benzene rings is 3. The lowest BCUT2D eigenvalue weighted by atomic mass is 10.2. The van der Waals surface area contributed by atoms with Crippen molar-refractivity contribution in [3.8, 4) is 0 Å². The third kappa shape index (κ3) is 7.26. The highest BCUT2D eigenvalue weighted by Crippen LogP contribution is 2.34. The van der Waals surface area contributed by atoms with Crippen LogP contribution in [0.25, 0.3) is 0 Å². The number of carbonyl (C=O) groups excluding carboxylic acids is 3. The van der Waals surface area contributed by atoms with E-state index in [4.69, 9.17) is 4.74 Å². The predicted octanol–water partition coefficient (Wildman–Crippen LogP) is 6.04. The zero-order chi connectivity index (χ0) is 28.0. The summed E-state index contributed by atoms with van der Waals surface area (Å²) in [7, 11) is 0. The molecule has 4 rings (SSSR count). The maximum atomic E-state index is 13.3. The third-order valence-corrected chi connectivity index (χ3v) is 6.87. The number of nitrogens with one attached hydrogen (secondary N) is 1. The molecule has 2 amide bonds. The second kappa shape index (κ2) is 12.2. The standard InChI is InChI=1S/C28H24F3N3O4S/c1-2-38-26(37)19-11-13-21(14-12-19)32-25(36)23-16-24(35)34(17-18-7-4-3-5-8-18)27(39-23)33-22-10-6-9-20(15-22)28(29,30)31/h3-15,23H,2,16-17H2,1H3,(H,32,36). The number of halogens is 3. The fourth-order valence-corrected chi connectivity index (χ4v) is 4.85. The molecule has 0 aliphatic carbocycles. The minimum atomic E-state index is -4.55. The van der Waals surface area contributed by atoms with E-state index in [1.807, 2.05) is 30.3 Å². The molecule has 1 aliphatic heterocycles. The van der Waals surface area contributed by atoms with Gasteiger partial charge in [0.15, 0.2) is 5.17 Å². The van der Waals surface area contributed by atoms with Gasteiger partial charge < -0.3 is 10.1 Å². The van der Waals surface area contributed by atoms with E-state index in [-0.39, 0.29) is 36.3 Å². The summed E-state index contributed by atoms with van der Waals surface area (Å²) in [5.41, 5.74) is 0.668. The first-order valence-corrected chi connectivity index (χ1v) is 12.9. The highest BCUT2D eigenvalue weighted by molar-refractivity contribution is 8.15. The summed E-state index contributed by atoms with van der Waals surface area (Å²) in [6.07, 6.45) is -4.69. The SMILES string of the molecule is CCOC(=O)c1ccc(NC(=O)C2CC(=O)N(Cc3ccccc3)C(=Nc3cccc(C(F)(F)F)c3)S2)cc1. The van der Waals surface area contributed by atoms with Gasteiger partial charge >= 0.3 is 12.1 Å².